The fraction of sp³-hybridized carbons (Fsp3) is 0.316. The van der Waals surface area contributed by atoms with Crippen molar-refractivity contribution in [1.82, 2.24) is 9.55 Å². The van der Waals surface area contributed by atoms with Crippen LogP contribution in [0.5, 0.6) is 11.5 Å². The number of hydrogen-bond donors (Lipinski definition) is 0. The maximum atomic E-state index is 5.53. The van der Waals surface area contributed by atoms with Gasteiger partial charge in [0.15, 0.2) is 11.5 Å². The van der Waals surface area contributed by atoms with Crippen LogP contribution in [0.3, 0.4) is 0 Å². The molecule has 0 fully saturated rings. The molecule has 0 bridgehead atoms. The second-order valence-electron chi connectivity index (χ2n) is 5.34. The molecule has 5 nitrogen and oxygen atoms in total. The van der Waals surface area contributed by atoms with E-state index in [9.17, 15) is 0 Å². The molecular formula is C19H22N2O3. The molecule has 126 valence electrons. The van der Waals surface area contributed by atoms with Crippen LogP contribution in [0.4, 0.5) is 0 Å². The molecule has 0 aliphatic heterocycles. The van der Waals surface area contributed by atoms with Crippen LogP contribution in [0, 0.1) is 0 Å². The molecule has 5 heteroatoms. The maximum absolute atomic E-state index is 5.53. The normalized spacial score (nSPS) is 11.0. The number of ether oxygens (including phenoxy) is 3. The van der Waals surface area contributed by atoms with E-state index in [4.69, 9.17) is 19.2 Å². The van der Waals surface area contributed by atoms with Gasteiger partial charge in [-0.2, -0.15) is 0 Å². The Morgan fingerprint density at radius 3 is 2.54 bits per heavy atom. The number of fused-ring (bicyclic) bond motifs is 1. The second-order valence-corrected chi connectivity index (χ2v) is 5.34. The molecule has 0 amide bonds. The Morgan fingerprint density at radius 2 is 1.79 bits per heavy atom. The fourth-order valence-corrected chi connectivity index (χ4v) is 2.80. The lowest BCUT2D eigenvalue weighted by molar-refractivity contribution is 0.140. The molecule has 3 aromatic rings. The summed E-state index contributed by atoms with van der Waals surface area (Å²) in [5.41, 5.74) is 3.06. The summed E-state index contributed by atoms with van der Waals surface area (Å²) in [5, 5.41) is 0. The van der Waals surface area contributed by atoms with Gasteiger partial charge < -0.3 is 18.8 Å². The van der Waals surface area contributed by atoms with Crippen LogP contribution in [-0.4, -0.2) is 37.0 Å². The molecule has 0 aliphatic carbocycles. The van der Waals surface area contributed by atoms with Gasteiger partial charge in [0.2, 0.25) is 0 Å². The largest absolute Gasteiger partial charge is 0.493 e. The Morgan fingerprint density at radius 1 is 1.00 bits per heavy atom. The zero-order chi connectivity index (χ0) is 16.9. The molecule has 0 radical (unpaired) electrons. The Kier molecular flexibility index (Phi) is 5.01. The van der Waals surface area contributed by atoms with E-state index in [-0.39, 0.29) is 0 Å². The average molecular weight is 326 g/mol. The third-order valence-electron chi connectivity index (χ3n) is 3.96. The van der Waals surface area contributed by atoms with Gasteiger partial charge >= 0.3 is 0 Å². The lowest BCUT2D eigenvalue weighted by Gasteiger charge is -2.12. The maximum Gasteiger partial charge on any atom is 0.161 e. The van der Waals surface area contributed by atoms with Crippen LogP contribution in [0.25, 0.3) is 22.4 Å². The third-order valence-corrected chi connectivity index (χ3v) is 3.96. The van der Waals surface area contributed by atoms with Gasteiger partial charge in [-0.1, -0.05) is 12.1 Å². The predicted molar refractivity (Wildman–Crippen MR) is 94.8 cm³/mol. The third kappa shape index (κ3) is 3.08. The van der Waals surface area contributed by atoms with Gasteiger partial charge in [-0.05, 0) is 37.3 Å². The van der Waals surface area contributed by atoms with Gasteiger partial charge in [-0.25, -0.2) is 4.98 Å². The number of rotatable bonds is 7. The van der Waals surface area contributed by atoms with Gasteiger partial charge in [0.1, 0.15) is 5.82 Å². The van der Waals surface area contributed by atoms with E-state index in [1.807, 2.05) is 43.3 Å². The van der Waals surface area contributed by atoms with Crippen molar-refractivity contribution in [3.8, 4) is 22.9 Å². The molecule has 0 atom stereocenters. The summed E-state index contributed by atoms with van der Waals surface area (Å²) >= 11 is 0. The lowest BCUT2D eigenvalue weighted by atomic mass is 10.2. The van der Waals surface area contributed by atoms with Crippen molar-refractivity contribution in [2.24, 2.45) is 0 Å². The zero-order valence-corrected chi connectivity index (χ0v) is 14.3. The minimum atomic E-state index is 0.650. The lowest BCUT2D eigenvalue weighted by Crippen LogP contribution is -2.07. The van der Waals surface area contributed by atoms with E-state index in [2.05, 4.69) is 10.6 Å². The summed E-state index contributed by atoms with van der Waals surface area (Å²) in [6, 6.07) is 14.0. The smallest absolute Gasteiger partial charge is 0.161 e. The fourth-order valence-electron chi connectivity index (χ4n) is 2.80. The highest BCUT2D eigenvalue weighted by molar-refractivity contribution is 5.81. The molecule has 0 saturated heterocycles. The molecule has 0 N–H and O–H groups in total. The first kappa shape index (κ1) is 16.3. The molecular weight excluding hydrogens is 304 g/mol. The summed E-state index contributed by atoms with van der Waals surface area (Å²) in [5.74, 6) is 2.30. The summed E-state index contributed by atoms with van der Waals surface area (Å²) in [6.07, 6.45) is 0. The molecule has 0 aliphatic rings. The number of methoxy groups -OCH3 is 2. The van der Waals surface area contributed by atoms with Gasteiger partial charge in [-0.3, -0.25) is 0 Å². The summed E-state index contributed by atoms with van der Waals surface area (Å²) in [6.45, 7) is 4.11. The number of para-hydroxylation sites is 2. The molecule has 2 aromatic carbocycles. The SMILES string of the molecule is CCOCCn1c(-c2ccc(OC)c(OC)c2)nc2ccccc21. The number of benzene rings is 2. The van der Waals surface area contributed by atoms with E-state index in [1.165, 1.54) is 0 Å². The van der Waals surface area contributed by atoms with Crippen molar-refractivity contribution in [2.45, 2.75) is 13.5 Å². The monoisotopic (exact) mass is 326 g/mol. The minimum Gasteiger partial charge on any atom is -0.493 e. The van der Waals surface area contributed by atoms with E-state index in [0.717, 1.165) is 29.0 Å². The number of imidazole rings is 1. The second kappa shape index (κ2) is 7.36. The van der Waals surface area contributed by atoms with Crippen LogP contribution >= 0.6 is 0 Å². The van der Waals surface area contributed by atoms with Crippen LogP contribution in [0.15, 0.2) is 42.5 Å². The van der Waals surface area contributed by atoms with Crippen molar-refractivity contribution in [3.05, 3.63) is 42.5 Å². The Hall–Kier alpha value is -2.53. The Bertz CT molecular complexity index is 827. The molecule has 0 saturated carbocycles. The van der Waals surface area contributed by atoms with Crippen molar-refractivity contribution in [3.63, 3.8) is 0 Å². The van der Waals surface area contributed by atoms with Gasteiger partial charge in [0.05, 0.1) is 31.9 Å². The first-order chi connectivity index (χ1) is 11.8. The Balaban J connectivity index is 2.09. The molecule has 0 unspecified atom stereocenters. The molecule has 3 rings (SSSR count). The number of nitrogens with zero attached hydrogens (tertiary/aromatic N) is 2. The van der Waals surface area contributed by atoms with E-state index in [0.29, 0.717) is 24.7 Å². The summed E-state index contributed by atoms with van der Waals surface area (Å²) < 4.78 is 18.5. The average Bonchev–Trinajstić information content (AvgIpc) is 3.00. The standard InChI is InChI=1S/C19H22N2O3/c1-4-24-12-11-21-16-8-6-5-7-15(16)20-19(21)14-9-10-17(22-2)18(13-14)23-3/h5-10,13H,4,11-12H2,1-3H3. The Labute approximate surface area is 141 Å². The highest BCUT2D eigenvalue weighted by atomic mass is 16.5. The van der Waals surface area contributed by atoms with Crippen molar-refractivity contribution in [2.75, 3.05) is 27.4 Å². The van der Waals surface area contributed by atoms with Gasteiger partial charge in [-0.15, -0.1) is 0 Å². The van der Waals surface area contributed by atoms with Crippen molar-refractivity contribution >= 4 is 11.0 Å². The summed E-state index contributed by atoms with van der Waals surface area (Å²) in [7, 11) is 3.27. The first-order valence-corrected chi connectivity index (χ1v) is 8.04. The zero-order valence-electron chi connectivity index (χ0n) is 14.3. The highest BCUT2D eigenvalue weighted by Crippen LogP contribution is 2.33. The first-order valence-electron chi connectivity index (χ1n) is 8.04. The minimum absolute atomic E-state index is 0.650. The molecule has 1 aromatic heterocycles. The van der Waals surface area contributed by atoms with E-state index < -0.39 is 0 Å². The number of aromatic nitrogens is 2. The number of hydrogen-bond acceptors (Lipinski definition) is 4. The summed E-state index contributed by atoms with van der Waals surface area (Å²) in [4.78, 5) is 4.80. The van der Waals surface area contributed by atoms with Crippen molar-refractivity contribution < 1.29 is 14.2 Å². The molecule has 1 heterocycles. The quantitative estimate of drug-likeness (QED) is 0.620. The van der Waals surface area contributed by atoms with Gasteiger partial charge in [0, 0.05) is 18.7 Å². The topological polar surface area (TPSA) is 45.5 Å². The molecule has 0 spiro atoms. The van der Waals surface area contributed by atoms with E-state index >= 15 is 0 Å². The highest BCUT2D eigenvalue weighted by Gasteiger charge is 2.14. The van der Waals surface area contributed by atoms with Crippen LogP contribution in [0.2, 0.25) is 0 Å². The predicted octanol–water partition coefficient (Wildman–Crippen LogP) is 3.76. The van der Waals surface area contributed by atoms with Crippen LogP contribution in [0.1, 0.15) is 6.92 Å². The van der Waals surface area contributed by atoms with Crippen LogP contribution in [-0.2, 0) is 11.3 Å². The van der Waals surface area contributed by atoms with E-state index in [1.54, 1.807) is 14.2 Å². The molecule has 24 heavy (non-hydrogen) atoms. The van der Waals surface area contributed by atoms with Gasteiger partial charge in [0.25, 0.3) is 0 Å². The van der Waals surface area contributed by atoms with Crippen molar-refractivity contribution in [1.29, 1.82) is 0 Å². The van der Waals surface area contributed by atoms with Crippen LogP contribution < -0.4 is 9.47 Å².